The molecule has 0 saturated carbocycles. The third kappa shape index (κ3) is 6.23. The Morgan fingerprint density at radius 3 is 2.52 bits per heavy atom. The summed E-state index contributed by atoms with van der Waals surface area (Å²) in [5, 5.41) is 2.98. The van der Waals surface area contributed by atoms with Gasteiger partial charge in [-0.05, 0) is 42.8 Å². The Bertz CT molecular complexity index is 832. The fraction of sp³-hybridized carbons (Fsp3) is 0.263. The molecule has 8 heteroatoms. The third-order valence-electron chi connectivity index (χ3n) is 3.90. The molecule has 0 radical (unpaired) electrons. The zero-order valence-electron chi connectivity index (χ0n) is 14.8. The van der Waals surface area contributed by atoms with E-state index >= 15 is 0 Å². The van der Waals surface area contributed by atoms with Crippen LogP contribution in [0.2, 0.25) is 5.02 Å². The van der Waals surface area contributed by atoms with Crippen molar-refractivity contribution >= 4 is 55.3 Å². The van der Waals surface area contributed by atoms with E-state index in [-0.39, 0.29) is 25.0 Å². The van der Waals surface area contributed by atoms with E-state index in [2.05, 4.69) is 37.2 Å². The van der Waals surface area contributed by atoms with Crippen LogP contribution in [0, 0.1) is 0 Å². The second-order valence-corrected chi connectivity index (χ2v) is 8.04. The number of halogens is 3. The van der Waals surface area contributed by atoms with Gasteiger partial charge in [-0.25, -0.2) is 0 Å². The van der Waals surface area contributed by atoms with Crippen LogP contribution in [0.4, 0.5) is 0 Å². The van der Waals surface area contributed by atoms with Crippen molar-refractivity contribution in [2.75, 3.05) is 13.7 Å². The molecule has 27 heavy (non-hydrogen) atoms. The molecule has 1 N–H and O–H groups in total. The first-order valence-electron chi connectivity index (χ1n) is 8.15. The second kappa shape index (κ2) is 10.1. The van der Waals surface area contributed by atoms with Crippen molar-refractivity contribution in [3.8, 4) is 5.75 Å². The minimum atomic E-state index is -0.648. The van der Waals surface area contributed by atoms with Gasteiger partial charge in [0.15, 0.2) is 6.61 Å². The summed E-state index contributed by atoms with van der Waals surface area (Å²) in [6.07, 6.45) is 0. The first-order chi connectivity index (χ1) is 12.8. The molecule has 0 heterocycles. The fourth-order valence-electron chi connectivity index (χ4n) is 2.44. The maximum Gasteiger partial charge on any atom is 0.261 e. The van der Waals surface area contributed by atoms with E-state index in [0.717, 1.165) is 14.5 Å². The molecular weight excluding hydrogens is 499 g/mol. The highest BCUT2D eigenvalue weighted by Gasteiger charge is 2.26. The predicted molar refractivity (Wildman–Crippen MR) is 113 cm³/mol. The summed E-state index contributed by atoms with van der Waals surface area (Å²) < 4.78 is 7.29. The van der Waals surface area contributed by atoms with Crippen LogP contribution in [-0.2, 0) is 16.1 Å². The summed E-state index contributed by atoms with van der Waals surface area (Å²) >= 11 is 12.9. The van der Waals surface area contributed by atoms with Crippen molar-refractivity contribution in [2.24, 2.45) is 0 Å². The van der Waals surface area contributed by atoms with Crippen molar-refractivity contribution in [3.05, 3.63) is 62.0 Å². The molecule has 1 unspecified atom stereocenters. The Hall–Kier alpha value is -1.57. The van der Waals surface area contributed by atoms with Crippen molar-refractivity contribution < 1.29 is 14.3 Å². The maximum atomic E-state index is 12.8. The zero-order valence-corrected chi connectivity index (χ0v) is 18.8. The molecule has 2 aromatic rings. The van der Waals surface area contributed by atoms with Gasteiger partial charge in [0, 0.05) is 22.5 Å². The Morgan fingerprint density at radius 1 is 1.19 bits per heavy atom. The average Bonchev–Trinajstić information content (AvgIpc) is 2.64. The molecule has 0 aromatic heterocycles. The van der Waals surface area contributed by atoms with Gasteiger partial charge >= 0.3 is 0 Å². The molecule has 1 atom stereocenters. The molecule has 0 saturated heterocycles. The first kappa shape index (κ1) is 21.7. The van der Waals surface area contributed by atoms with Crippen LogP contribution in [0.3, 0.4) is 0 Å². The molecule has 0 aliphatic carbocycles. The number of nitrogens with one attached hydrogen (secondary N) is 1. The Balaban J connectivity index is 2.15. The smallest absolute Gasteiger partial charge is 0.261 e. The second-order valence-electron chi connectivity index (χ2n) is 5.81. The topological polar surface area (TPSA) is 58.6 Å². The van der Waals surface area contributed by atoms with Gasteiger partial charge in [-0.2, -0.15) is 0 Å². The van der Waals surface area contributed by atoms with E-state index in [4.69, 9.17) is 16.3 Å². The number of amides is 2. The van der Waals surface area contributed by atoms with Crippen molar-refractivity contribution in [3.63, 3.8) is 0 Å². The number of carbonyl (C=O) groups is 2. The van der Waals surface area contributed by atoms with Gasteiger partial charge in [-0.15, -0.1) is 0 Å². The quantitative estimate of drug-likeness (QED) is 0.591. The summed E-state index contributed by atoms with van der Waals surface area (Å²) in [5.41, 5.74) is 0.898. The van der Waals surface area contributed by atoms with Gasteiger partial charge in [-0.1, -0.05) is 55.6 Å². The number of ether oxygens (including phenoxy) is 1. The Labute approximate surface area is 180 Å². The normalized spacial score (nSPS) is 11.6. The molecule has 0 fully saturated rings. The predicted octanol–water partition coefficient (Wildman–Crippen LogP) is 4.41. The van der Waals surface area contributed by atoms with E-state index in [1.807, 2.05) is 24.3 Å². The number of benzene rings is 2. The molecule has 2 rings (SSSR count). The zero-order chi connectivity index (χ0) is 20.0. The minimum Gasteiger partial charge on any atom is -0.482 e. The molecule has 5 nitrogen and oxygen atoms in total. The van der Waals surface area contributed by atoms with Crippen LogP contribution in [0.15, 0.2) is 51.4 Å². The van der Waals surface area contributed by atoms with Crippen molar-refractivity contribution in [1.29, 1.82) is 0 Å². The van der Waals surface area contributed by atoms with Gasteiger partial charge in [0.1, 0.15) is 11.8 Å². The van der Waals surface area contributed by atoms with Crippen LogP contribution in [0.5, 0.6) is 5.75 Å². The van der Waals surface area contributed by atoms with Crippen LogP contribution in [0.1, 0.15) is 12.5 Å². The maximum absolute atomic E-state index is 12.8. The lowest BCUT2D eigenvalue weighted by atomic mass is 10.1. The molecule has 0 spiro atoms. The van der Waals surface area contributed by atoms with Crippen molar-refractivity contribution in [1.82, 2.24) is 10.2 Å². The Morgan fingerprint density at radius 2 is 1.89 bits per heavy atom. The summed E-state index contributed by atoms with van der Waals surface area (Å²) in [6, 6.07) is 12.1. The van der Waals surface area contributed by atoms with E-state index in [0.29, 0.717) is 10.8 Å². The van der Waals surface area contributed by atoms with Crippen LogP contribution >= 0.6 is 43.5 Å². The summed E-state index contributed by atoms with van der Waals surface area (Å²) in [6.45, 7) is 1.74. The summed E-state index contributed by atoms with van der Waals surface area (Å²) in [5.74, 6) is -0.159. The Kier molecular flexibility index (Phi) is 8.13. The lowest BCUT2D eigenvalue weighted by Crippen LogP contribution is -2.48. The number of rotatable bonds is 7. The summed E-state index contributed by atoms with van der Waals surface area (Å²) in [4.78, 5) is 26.4. The van der Waals surface area contributed by atoms with Crippen LogP contribution < -0.4 is 10.1 Å². The van der Waals surface area contributed by atoms with E-state index in [1.165, 1.54) is 4.90 Å². The molecule has 0 aliphatic heterocycles. The SMILES string of the molecule is CNC(=O)C(C)N(Cc1cccc(Br)c1)C(=O)COc1ccc(Br)cc1Cl. The van der Waals surface area contributed by atoms with Gasteiger partial charge in [0.05, 0.1) is 5.02 Å². The molecule has 2 aromatic carbocycles. The lowest BCUT2D eigenvalue weighted by Gasteiger charge is -2.28. The van der Waals surface area contributed by atoms with Gasteiger partial charge < -0.3 is 15.0 Å². The first-order valence-corrected chi connectivity index (χ1v) is 10.1. The van der Waals surface area contributed by atoms with Gasteiger partial charge in [0.2, 0.25) is 5.91 Å². The monoisotopic (exact) mass is 516 g/mol. The third-order valence-corrected chi connectivity index (χ3v) is 5.18. The summed E-state index contributed by atoms with van der Waals surface area (Å²) in [7, 11) is 1.54. The van der Waals surface area contributed by atoms with Gasteiger partial charge in [0.25, 0.3) is 5.91 Å². The average molecular weight is 519 g/mol. The molecule has 0 bridgehead atoms. The number of hydrogen-bond donors (Lipinski definition) is 1. The largest absolute Gasteiger partial charge is 0.482 e. The van der Waals surface area contributed by atoms with E-state index in [1.54, 1.807) is 32.2 Å². The number of likely N-dealkylation sites (N-methyl/N-ethyl adjacent to an activating group) is 1. The van der Waals surface area contributed by atoms with Crippen LogP contribution in [-0.4, -0.2) is 36.4 Å². The van der Waals surface area contributed by atoms with Crippen molar-refractivity contribution in [2.45, 2.75) is 19.5 Å². The van der Waals surface area contributed by atoms with E-state index in [9.17, 15) is 9.59 Å². The van der Waals surface area contributed by atoms with Gasteiger partial charge in [-0.3, -0.25) is 9.59 Å². The molecular formula is C19H19Br2ClN2O3. The standard InChI is InChI=1S/C19H19Br2ClN2O3/c1-12(19(26)23-2)24(10-13-4-3-5-14(20)8-13)18(25)11-27-17-7-6-15(21)9-16(17)22/h3-9,12H,10-11H2,1-2H3,(H,23,26). The molecule has 0 aliphatic rings. The fourth-order valence-corrected chi connectivity index (χ4v) is 3.61. The lowest BCUT2D eigenvalue weighted by molar-refractivity contribution is -0.142. The number of nitrogens with zero attached hydrogens (tertiary/aromatic N) is 1. The highest BCUT2D eigenvalue weighted by Crippen LogP contribution is 2.27. The molecule has 144 valence electrons. The van der Waals surface area contributed by atoms with E-state index < -0.39 is 6.04 Å². The number of hydrogen-bond acceptors (Lipinski definition) is 3. The minimum absolute atomic E-state index is 0.226. The molecule has 2 amide bonds. The highest BCUT2D eigenvalue weighted by atomic mass is 79.9. The van der Waals surface area contributed by atoms with Crippen LogP contribution in [0.25, 0.3) is 0 Å². The number of carbonyl (C=O) groups excluding carboxylic acids is 2. The highest BCUT2D eigenvalue weighted by molar-refractivity contribution is 9.10.